The van der Waals surface area contributed by atoms with Crippen LogP contribution < -0.4 is 5.32 Å². The van der Waals surface area contributed by atoms with Crippen LogP contribution in [0.4, 0.5) is 0 Å². The Morgan fingerprint density at radius 1 is 1.22 bits per heavy atom. The third-order valence-corrected chi connectivity index (χ3v) is 4.48. The van der Waals surface area contributed by atoms with Gasteiger partial charge in [0.05, 0.1) is 12.7 Å². The molecule has 2 rings (SSSR count). The van der Waals surface area contributed by atoms with Crippen molar-refractivity contribution in [1.82, 2.24) is 5.32 Å². The first-order valence-corrected chi connectivity index (χ1v) is 7.85. The van der Waals surface area contributed by atoms with Gasteiger partial charge in [-0.25, -0.2) is 0 Å². The van der Waals surface area contributed by atoms with Gasteiger partial charge in [-0.3, -0.25) is 0 Å². The zero-order valence-electron chi connectivity index (χ0n) is 11.1. The van der Waals surface area contributed by atoms with Crippen molar-refractivity contribution in [2.75, 3.05) is 19.4 Å². The maximum absolute atomic E-state index is 6.02. The Hall–Kier alpha value is -0.510. The Kier molecular flexibility index (Phi) is 6.05. The quantitative estimate of drug-likeness (QED) is 0.630. The monoisotopic (exact) mass is 265 g/mol. The molecule has 0 saturated heterocycles. The molecule has 3 heteroatoms. The summed E-state index contributed by atoms with van der Waals surface area (Å²) in [4.78, 5) is 1.33. The van der Waals surface area contributed by atoms with E-state index in [4.69, 9.17) is 4.74 Å². The largest absolute Gasteiger partial charge is 0.376 e. The number of rotatable bonds is 6. The second kappa shape index (κ2) is 7.82. The van der Waals surface area contributed by atoms with Crippen LogP contribution in [0.1, 0.15) is 25.7 Å². The van der Waals surface area contributed by atoms with Crippen molar-refractivity contribution in [3.05, 3.63) is 30.3 Å². The van der Waals surface area contributed by atoms with Crippen molar-refractivity contribution in [3.8, 4) is 0 Å². The molecule has 2 atom stereocenters. The lowest BCUT2D eigenvalue weighted by atomic mass is 9.92. The second-order valence-electron chi connectivity index (χ2n) is 4.75. The molecular formula is C15H23NOS. The average Bonchev–Trinajstić information content (AvgIpc) is 2.45. The van der Waals surface area contributed by atoms with Crippen molar-refractivity contribution < 1.29 is 4.74 Å². The van der Waals surface area contributed by atoms with Crippen molar-refractivity contribution in [3.63, 3.8) is 0 Å². The fraction of sp³-hybridized carbons (Fsp3) is 0.600. The van der Waals surface area contributed by atoms with Gasteiger partial charge in [-0.2, -0.15) is 0 Å². The molecule has 2 nitrogen and oxygen atoms in total. The maximum atomic E-state index is 6.02. The Morgan fingerprint density at radius 2 is 2.00 bits per heavy atom. The van der Waals surface area contributed by atoms with Crippen LogP contribution >= 0.6 is 11.8 Å². The highest BCUT2D eigenvalue weighted by atomic mass is 32.2. The molecule has 1 fully saturated rings. The molecular weight excluding hydrogens is 242 g/mol. The van der Waals surface area contributed by atoms with Gasteiger partial charge in [0.15, 0.2) is 0 Å². The summed E-state index contributed by atoms with van der Waals surface area (Å²) in [5.41, 5.74) is 0. The normalized spacial score (nSPS) is 24.1. The number of ether oxygens (including phenoxy) is 1. The highest BCUT2D eigenvalue weighted by molar-refractivity contribution is 7.99. The molecule has 0 heterocycles. The highest BCUT2D eigenvalue weighted by Crippen LogP contribution is 2.22. The first-order valence-electron chi connectivity index (χ1n) is 6.87. The summed E-state index contributed by atoms with van der Waals surface area (Å²) in [5.74, 6) is 1.04. The predicted octanol–water partition coefficient (Wildman–Crippen LogP) is 3.33. The minimum Gasteiger partial charge on any atom is -0.376 e. The lowest BCUT2D eigenvalue weighted by Crippen LogP contribution is -2.42. The van der Waals surface area contributed by atoms with Gasteiger partial charge in [-0.15, -0.1) is 11.8 Å². The van der Waals surface area contributed by atoms with Crippen LogP contribution in [0.5, 0.6) is 0 Å². The first kappa shape index (κ1) is 13.9. The number of hydrogen-bond donors (Lipinski definition) is 1. The van der Waals surface area contributed by atoms with Crippen LogP contribution in [0.25, 0.3) is 0 Å². The summed E-state index contributed by atoms with van der Waals surface area (Å²) < 4.78 is 6.02. The smallest absolute Gasteiger partial charge is 0.0728 e. The van der Waals surface area contributed by atoms with E-state index in [1.165, 1.54) is 30.6 Å². The number of nitrogens with one attached hydrogen (secondary N) is 1. The molecule has 0 radical (unpaired) electrons. The Morgan fingerprint density at radius 3 is 2.78 bits per heavy atom. The molecule has 1 saturated carbocycles. The van der Waals surface area contributed by atoms with Crippen LogP contribution in [-0.4, -0.2) is 31.6 Å². The molecule has 1 aromatic carbocycles. The van der Waals surface area contributed by atoms with Gasteiger partial charge in [0.1, 0.15) is 0 Å². The molecule has 1 N–H and O–H groups in total. The number of benzene rings is 1. The van der Waals surface area contributed by atoms with Gasteiger partial charge >= 0.3 is 0 Å². The fourth-order valence-electron chi connectivity index (χ4n) is 2.50. The molecule has 18 heavy (non-hydrogen) atoms. The third-order valence-electron chi connectivity index (χ3n) is 3.50. The molecule has 0 spiro atoms. The molecule has 2 unspecified atom stereocenters. The van der Waals surface area contributed by atoms with Gasteiger partial charge < -0.3 is 10.1 Å². The van der Waals surface area contributed by atoms with E-state index < -0.39 is 0 Å². The van der Waals surface area contributed by atoms with E-state index in [1.807, 2.05) is 18.8 Å². The van der Waals surface area contributed by atoms with E-state index in [0.29, 0.717) is 12.1 Å². The number of likely N-dealkylation sites (N-methyl/N-ethyl adjacent to an activating group) is 1. The standard InChI is InChI=1S/C15H23NOS/c1-16-14-9-5-6-10-15(14)17-11-12-18-13-7-3-2-4-8-13/h2-4,7-8,14-16H,5-6,9-12H2,1H3. The minimum atomic E-state index is 0.417. The zero-order chi connectivity index (χ0) is 12.6. The molecule has 0 aromatic heterocycles. The van der Waals surface area contributed by atoms with Gasteiger partial charge in [0.25, 0.3) is 0 Å². The summed E-state index contributed by atoms with van der Waals surface area (Å²) in [6, 6.07) is 11.1. The third kappa shape index (κ3) is 4.30. The molecule has 100 valence electrons. The Balaban J connectivity index is 1.65. The Labute approximate surface area is 114 Å². The number of thioether (sulfide) groups is 1. The van der Waals surface area contributed by atoms with Crippen LogP contribution in [-0.2, 0) is 4.74 Å². The summed E-state index contributed by atoms with van der Waals surface area (Å²) in [7, 11) is 2.05. The van der Waals surface area contributed by atoms with Crippen LogP contribution in [0, 0.1) is 0 Å². The average molecular weight is 265 g/mol. The summed E-state index contributed by atoms with van der Waals surface area (Å²) in [6.07, 6.45) is 5.54. The van der Waals surface area contributed by atoms with Crippen molar-refractivity contribution in [2.45, 2.75) is 42.7 Å². The second-order valence-corrected chi connectivity index (χ2v) is 5.92. The van der Waals surface area contributed by atoms with E-state index in [9.17, 15) is 0 Å². The van der Waals surface area contributed by atoms with Crippen LogP contribution in [0.2, 0.25) is 0 Å². The van der Waals surface area contributed by atoms with Crippen molar-refractivity contribution in [1.29, 1.82) is 0 Å². The van der Waals surface area contributed by atoms with Crippen molar-refractivity contribution in [2.24, 2.45) is 0 Å². The zero-order valence-corrected chi connectivity index (χ0v) is 11.9. The topological polar surface area (TPSA) is 21.3 Å². The van der Waals surface area contributed by atoms with Crippen LogP contribution in [0.15, 0.2) is 35.2 Å². The summed E-state index contributed by atoms with van der Waals surface area (Å²) >= 11 is 1.87. The van der Waals surface area contributed by atoms with Crippen LogP contribution in [0.3, 0.4) is 0 Å². The van der Waals surface area contributed by atoms with E-state index in [1.54, 1.807) is 0 Å². The molecule has 1 aliphatic rings. The molecule has 0 amide bonds. The van der Waals surface area contributed by atoms with Gasteiger partial charge in [0.2, 0.25) is 0 Å². The lowest BCUT2D eigenvalue weighted by Gasteiger charge is -2.31. The highest BCUT2D eigenvalue weighted by Gasteiger charge is 2.23. The van der Waals surface area contributed by atoms with Gasteiger partial charge in [-0.1, -0.05) is 31.0 Å². The molecule has 0 bridgehead atoms. The minimum absolute atomic E-state index is 0.417. The molecule has 0 aliphatic heterocycles. The van der Waals surface area contributed by atoms with E-state index in [0.717, 1.165) is 12.4 Å². The number of hydrogen-bond acceptors (Lipinski definition) is 3. The van der Waals surface area contributed by atoms with Crippen molar-refractivity contribution >= 4 is 11.8 Å². The SMILES string of the molecule is CNC1CCCCC1OCCSc1ccccc1. The summed E-state index contributed by atoms with van der Waals surface area (Å²) in [5, 5.41) is 3.38. The maximum Gasteiger partial charge on any atom is 0.0728 e. The molecule has 1 aromatic rings. The summed E-state index contributed by atoms with van der Waals surface area (Å²) in [6.45, 7) is 0.850. The lowest BCUT2D eigenvalue weighted by molar-refractivity contribution is 0.0159. The molecule has 1 aliphatic carbocycles. The van der Waals surface area contributed by atoms with Gasteiger partial charge in [0, 0.05) is 16.7 Å². The van der Waals surface area contributed by atoms with E-state index >= 15 is 0 Å². The van der Waals surface area contributed by atoms with Gasteiger partial charge in [-0.05, 0) is 32.0 Å². The fourth-order valence-corrected chi connectivity index (χ4v) is 3.27. The van der Waals surface area contributed by atoms with E-state index in [-0.39, 0.29) is 0 Å². The first-order chi connectivity index (χ1) is 8.90. The Bertz CT molecular complexity index is 331. The van der Waals surface area contributed by atoms with E-state index in [2.05, 4.69) is 35.6 Å². The predicted molar refractivity (Wildman–Crippen MR) is 78.2 cm³/mol.